The Labute approximate surface area is 143 Å². The second kappa shape index (κ2) is 8.24. The van der Waals surface area contributed by atoms with E-state index in [9.17, 15) is 4.79 Å². The molecular weight excluding hydrogens is 304 g/mol. The standard InChI is InChI=1S/C19H24N2O3/c1-13-10-15(3)18(11-14(13)2)24-9-8-20-19(22)21-16-6-5-7-17(12-16)23-4/h5-7,10-12H,8-9H2,1-4H3,(H2,20,21,22). The highest BCUT2D eigenvalue weighted by atomic mass is 16.5. The number of ether oxygens (including phenoxy) is 2. The lowest BCUT2D eigenvalue weighted by Gasteiger charge is -2.13. The lowest BCUT2D eigenvalue weighted by atomic mass is 10.1. The van der Waals surface area contributed by atoms with Crippen LogP contribution < -0.4 is 20.1 Å². The van der Waals surface area contributed by atoms with Gasteiger partial charge in [-0.15, -0.1) is 0 Å². The summed E-state index contributed by atoms with van der Waals surface area (Å²) in [6.45, 7) is 6.99. The highest BCUT2D eigenvalue weighted by Gasteiger charge is 2.05. The Hall–Kier alpha value is -2.69. The number of carbonyl (C=O) groups excluding carboxylic acids is 1. The molecule has 0 heterocycles. The summed E-state index contributed by atoms with van der Waals surface area (Å²) >= 11 is 0. The summed E-state index contributed by atoms with van der Waals surface area (Å²) in [7, 11) is 1.59. The number of hydrogen-bond acceptors (Lipinski definition) is 3. The van der Waals surface area contributed by atoms with Crippen LogP contribution in [0.25, 0.3) is 0 Å². The van der Waals surface area contributed by atoms with Crippen LogP contribution in [-0.2, 0) is 0 Å². The van der Waals surface area contributed by atoms with E-state index in [1.807, 2.05) is 25.1 Å². The van der Waals surface area contributed by atoms with E-state index in [0.29, 0.717) is 24.6 Å². The minimum atomic E-state index is -0.274. The summed E-state index contributed by atoms with van der Waals surface area (Å²) in [6, 6.07) is 11.1. The Morgan fingerprint density at radius 1 is 1.04 bits per heavy atom. The van der Waals surface area contributed by atoms with Crippen molar-refractivity contribution in [2.45, 2.75) is 20.8 Å². The molecule has 5 nitrogen and oxygen atoms in total. The van der Waals surface area contributed by atoms with Gasteiger partial charge in [-0.3, -0.25) is 0 Å². The molecule has 2 aromatic carbocycles. The molecule has 0 radical (unpaired) electrons. The van der Waals surface area contributed by atoms with E-state index in [2.05, 4.69) is 30.5 Å². The number of aryl methyl sites for hydroxylation is 3. The molecule has 0 spiro atoms. The largest absolute Gasteiger partial charge is 0.497 e. The number of hydrogen-bond donors (Lipinski definition) is 2. The van der Waals surface area contributed by atoms with Crippen molar-refractivity contribution in [3.8, 4) is 11.5 Å². The third kappa shape index (κ3) is 4.91. The predicted octanol–water partition coefficient (Wildman–Crippen LogP) is 3.82. The first-order valence-electron chi connectivity index (χ1n) is 7.89. The Bertz CT molecular complexity index is 714. The second-order valence-corrected chi connectivity index (χ2v) is 5.66. The molecule has 0 unspecified atom stereocenters. The zero-order valence-electron chi connectivity index (χ0n) is 14.6. The number of carbonyl (C=O) groups is 1. The first-order chi connectivity index (χ1) is 11.5. The molecule has 2 rings (SSSR count). The van der Waals surface area contributed by atoms with E-state index >= 15 is 0 Å². The molecule has 0 aliphatic rings. The molecule has 0 aliphatic carbocycles. The van der Waals surface area contributed by atoms with Gasteiger partial charge >= 0.3 is 6.03 Å². The molecule has 0 saturated carbocycles. The molecular formula is C19H24N2O3. The maximum atomic E-state index is 11.9. The van der Waals surface area contributed by atoms with Gasteiger partial charge in [-0.05, 0) is 55.7 Å². The average molecular weight is 328 g/mol. The fourth-order valence-electron chi connectivity index (χ4n) is 2.29. The Morgan fingerprint density at radius 2 is 1.79 bits per heavy atom. The number of anilines is 1. The Kier molecular flexibility index (Phi) is 6.07. The smallest absolute Gasteiger partial charge is 0.319 e. The van der Waals surface area contributed by atoms with Gasteiger partial charge in [-0.25, -0.2) is 4.79 Å². The summed E-state index contributed by atoms with van der Waals surface area (Å²) in [6.07, 6.45) is 0. The van der Waals surface area contributed by atoms with Crippen molar-refractivity contribution in [1.29, 1.82) is 0 Å². The van der Waals surface area contributed by atoms with Gasteiger partial charge in [0.25, 0.3) is 0 Å². The third-order valence-corrected chi connectivity index (χ3v) is 3.76. The van der Waals surface area contributed by atoms with E-state index in [0.717, 1.165) is 11.3 Å². The minimum Gasteiger partial charge on any atom is -0.497 e. The van der Waals surface area contributed by atoms with E-state index in [1.165, 1.54) is 11.1 Å². The van der Waals surface area contributed by atoms with Crippen LogP contribution in [0.4, 0.5) is 10.5 Å². The maximum absolute atomic E-state index is 11.9. The molecule has 0 atom stereocenters. The van der Waals surface area contributed by atoms with Gasteiger partial charge in [0, 0.05) is 11.8 Å². The number of nitrogens with one attached hydrogen (secondary N) is 2. The first kappa shape index (κ1) is 17.7. The zero-order chi connectivity index (χ0) is 17.5. The molecule has 0 saturated heterocycles. The average Bonchev–Trinajstić information content (AvgIpc) is 2.56. The van der Waals surface area contributed by atoms with E-state index in [4.69, 9.17) is 9.47 Å². The van der Waals surface area contributed by atoms with E-state index in [-0.39, 0.29) is 6.03 Å². The topological polar surface area (TPSA) is 59.6 Å². The molecule has 0 bridgehead atoms. The molecule has 128 valence electrons. The lowest BCUT2D eigenvalue weighted by molar-refractivity contribution is 0.247. The fourth-order valence-corrected chi connectivity index (χ4v) is 2.29. The van der Waals surface area contributed by atoms with Gasteiger partial charge in [0.15, 0.2) is 0 Å². The van der Waals surface area contributed by atoms with Gasteiger partial charge in [-0.2, -0.15) is 0 Å². The second-order valence-electron chi connectivity index (χ2n) is 5.66. The summed E-state index contributed by atoms with van der Waals surface area (Å²) < 4.78 is 10.9. The molecule has 24 heavy (non-hydrogen) atoms. The van der Waals surface area contributed by atoms with E-state index < -0.39 is 0 Å². The van der Waals surface area contributed by atoms with Gasteiger partial charge in [0.2, 0.25) is 0 Å². The Balaban J connectivity index is 1.77. The van der Waals surface area contributed by atoms with Crippen LogP contribution >= 0.6 is 0 Å². The molecule has 0 fully saturated rings. The van der Waals surface area contributed by atoms with E-state index in [1.54, 1.807) is 19.2 Å². The van der Waals surface area contributed by atoms with Gasteiger partial charge in [0.1, 0.15) is 18.1 Å². The minimum absolute atomic E-state index is 0.274. The van der Waals surface area contributed by atoms with Crippen molar-refractivity contribution < 1.29 is 14.3 Å². The monoisotopic (exact) mass is 328 g/mol. The Morgan fingerprint density at radius 3 is 2.54 bits per heavy atom. The van der Waals surface area contributed by atoms with Crippen LogP contribution in [0.5, 0.6) is 11.5 Å². The number of rotatable bonds is 6. The van der Waals surface area contributed by atoms with Crippen molar-refractivity contribution >= 4 is 11.7 Å². The zero-order valence-corrected chi connectivity index (χ0v) is 14.6. The molecule has 0 aromatic heterocycles. The van der Waals surface area contributed by atoms with Crippen LogP contribution in [-0.4, -0.2) is 26.3 Å². The van der Waals surface area contributed by atoms with Crippen LogP contribution in [0, 0.1) is 20.8 Å². The molecule has 5 heteroatoms. The van der Waals surface area contributed by atoms with Crippen LogP contribution in [0.3, 0.4) is 0 Å². The number of methoxy groups -OCH3 is 1. The first-order valence-corrected chi connectivity index (χ1v) is 7.89. The van der Waals surface area contributed by atoms with Crippen molar-refractivity contribution in [3.63, 3.8) is 0 Å². The third-order valence-electron chi connectivity index (χ3n) is 3.76. The van der Waals surface area contributed by atoms with Crippen molar-refractivity contribution in [2.75, 3.05) is 25.6 Å². The van der Waals surface area contributed by atoms with Gasteiger partial charge in [-0.1, -0.05) is 12.1 Å². The van der Waals surface area contributed by atoms with Crippen LogP contribution in [0.2, 0.25) is 0 Å². The molecule has 0 aliphatic heterocycles. The quantitative estimate of drug-likeness (QED) is 0.793. The number of benzene rings is 2. The SMILES string of the molecule is COc1cccc(NC(=O)NCCOc2cc(C)c(C)cc2C)c1. The lowest BCUT2D eigenvalue weighted by Crippen LogP contribution is -2.32. The molecule has 2 aromatic rings. The summed E-state index contributed by atoms with van der Waals surface area (Å²) in [4.78, 5) is 11.9. The van der Waals surface area contributed by atoms with Crippen LogP contribution in [0.1, 0.15) is 16.7 Å². The van der Waals surface area contributed by atoms with Crippen molar-refractivity contribution in [3.05, 3.63) is 53.1 Å². The normalized spacial score (nSPS) is 10.2. The summed E-state index contributed by atoms with van der Waals surface area (Å²) in [5.41, 5.74) is 4.21. The highest BCUT2D eigenvalue weighted by Crippen LogP contribution is 2.22. The van der Waals surface area contributed by atoms with Crippen LogP contribution in [0.15, 0.2) is 36.4 Å². The highest BCUT2D eigenvalue weighted by molar-refractivity contribution is 5.89. The predicted molar refractivity (Wildman–Crippen MR) is 96.2 cm³/mol. The summed E-state index contributed by atoms with van der Waals surface area (Å²) in [5.74, 6) is 1.55. The van der Waals surface area contributed by atoms with Gasteiger partial charge < -0.3 is 20.1 Å². The fraction of sp³-hybridized carbons (Fsp3) is 0.316. The van der Waals surface area contributed by atoms with Crippen molar-refractivity contribution in [1.82, 2.24) is 5.32 Å². The number of urea groups is 1. The van der Waals surface area contributed by atoms with Gasteiger partial charge in [0.05, 0.1) is 13.7 Å². The summed E-state index contributed by atoms with van der Waals surface area (Å²) in [5, 5.41) is 5.53. The number of amides is 2. The molecule has 2 N–H and O–H groups in total. The maximum Gasteiger partial charge on any atom is 0.319 e. The van der Waals surface area contributed by atoms with Crippen molar-refractivity contribution in [2.24, 2.45) is 0 Å². The molecule has 2 amide bonds.